The van der Waals surface area contributed by atoms with Crippen LogP contribution in [-0.2, 0) is 0 Å². The Labute approximate surface area is 129 Å². The largest absolute Gasteiger partial charge is 0.368 e. The molecule has 0 N–H and O–H groups in total. The highest BCUT2D eigenvalue weighted by Crippen LogP contribution is 2.45. The first-order valence-corrected chi connectivity index (χ1v) is 8.98. The smallest absolute Gasteiger partial charge is 0.0405 e. The summed E-state index contributed by atoms with van der Waals surface area (Å²) in [6.07, 6.45) is 8.40. The van der Waals surface area contributed by atoms with Crippen LogP contribution in [0.3, 0.4) is 0 Å². The SMILES string of the molecule is CCCN1c2ccccc2C2CN(C3CCCC3)CCC21. The van der Waals surface area contributed by atoms with Crippen molar-refractivity contribution in [1.29, 1.82) is 0 Å². The number of likely N-dealkylation sites (tertiary alicyclic amines) is 1. The molecule has 0 amide bonds. The van der Waals surface area contributed by atoms with Crippen LogP contribution in [0.4, 0.5) is 5.69 Å². The maximum absolute atomic E-state index is 2.82. The summed E-state index contributed by atoms with van der Waals surface area (Å²) in [7, 11) is 0. The predicted molar refractivity (Wildman–Crippen MR) is 89.1 cm³/mol. The van der Waals surface area contributed by atoms with E-state index in [2.05, 4.69) is 41.0 Å². The molecule has 2 aliphatic heterocycles. The number of fused-ring (bicyclic) bond motifs is 3. The lowest BCUT2D eigenvalue weighted by Crippen LogP contribution is -2.49. The fraction of sp³-hybridized carbons (Fsp3) is 0.684. The first-order valence-electron chi connectivity index (χ1n) is 8.98. The summed E-state index contributed by atoms with van der Waals surface area (Å²) in [6, 6.07) is 10.8. The maximum Gasteiger partial charge on any atom is 0.0405 e. The van der Waals surface area contributed by atoms with Crippen LogP contribution in [0.5, 0.6) is 0 Å². The Morgan fingerprint density at radius 1 is 1.10 bits per heavy atom. The zero-order valence-corrected chi connectivity index (χ0v) is 13.3. The lowest BCUT2D eigenvalue weighted by Gasteiger charge is -2.41. The summed E-state index contributed by atoms with van der Waals surface area (Å²) >= 11 is 0. The molecule has 2 heteroatoms. The normalized spacial score (nSPS) is 29.7. The van der Waals surface area contributed by atoms with Gasteiger partial charge in [0.1, 0.15) is 0 Å². The third kappa shape index (κ3) is 2.28. The molecule has 4 rings (SSSR count). The number of piperidine rings is 1. The van der Waals surface area contributed by atoms with Gasteiger partial charge in [0, 0.05) is 43.3 Å². The molecule has 2 atom stereocenters. The Hall–Kier alpha value is -1.02. The second-order valence-corrected chi connectivity index (χ2v) is 7.15. The first kappa shape index (κ1) is 13.6. The van der Waals surface area contributed by atoms with Crippen molar-refractivity contribution in [3.05, 3.63) is 29.8 Å². The summed E-state index contributed by atoms with van der Waals surface area (Å²) in [5, 5.41) is 0. The zero-order valence-electron chi connectivity index (χ0n) is 13.3. The topological polar surface area (TPSA) is 6.48 Å². The molecule has 2 unspecified atom stereocenters. The van der Waals surface area contributed by atoms with Crippen LogP contribution in [0.1, 0.15) is 56.9 Å². The van der Waals surface area contributed by atoms with Gasteiger partial charge in [-0.25, -0.2) is 0 Å². The van der Waals surface area contributed by atoms with E-state index in [0.717, 1.165) is 18.0 Å². The number of hydrogen-bond donors (Lipinski definition) is 0. The summed E-state index contributed by atoms with van der Waals surface area (Å²) < 4.78 is 0. The van der Waals surface area contributed by atoms with Crippen LogP contribution in [0.15, 0.2) is 24.3 Å². The standard InChI is InChI=1S/C19H28N2/c1-2-12-21-18-10-6-5-9-16(18)17-14-20(13-11-19(17)21)15-7-3-4-8-15/h5-6,9-10,15,17,19H,2-4,7-8,11-14H2,1H3. The van der Waals surface area contributed by atoms with Crippen molar-refractivity contribution in [2.45, 2.75) is 63.5 Å². The van der Waals surface area contributed by atoms with Gasteiger partial charge in [0.2, 0.25) is 0 Å². The maximum atomic E-state index is 2.82. The Morgan fingerprint density at radius 3 is 2.71 bits per heavy atom. The fourth-order valence-electron chi connectivity index (χ4n) is 5.01. The van der Waals surface area contributed by atoms with Gasteiger partial charge in [-0.05, 0) is 37.3 Å². The number of benzene rings is 1. The van der Waals surface area contributed by atoms with Gasteiger partial charge < -0.3 is 4.90 Å². The van der Waals surface area contributed by atoms with E-state index in [1.54, 1.807) is 5.56 Å². The third-order valence-electron chi connectivity index (χ3n) is 5.96. The lowest BCUT2D eigenvalue weighted by molar-refractivity contribution is 0.140. The van der Waals surface area contributed by atoms with Gasteiger partial charge in [-0.1, -0.05) is 38.0 Å². The minimum atomic E-state index is 0.752. The molecule has 1 aromatic carbocycles. The van der Waals surface area contributed by atoms with Crippen molar-refractivity contribution in [2.24, 2.45) is 0 Å². The van der Waals surface area contributed by atoms with E-state index in [4.69, 9.17) is 0 Å². The highest BCUT2D eigenvalue weighted by Gasteiger charge is 2.42. The minimum Gasteiger partial charge on any atom is -0.368 e. The summed E-state index contributed by atoms with van der Waals surface area (Å²) in [5.74, 6) is 0.752. The van der Waals surface area contributed by atoms with E-state index < -0.39 is 0 Å². The van der Waals surface area contributed by atoms with E-state index in [9.17, 15) is 0 Å². The van der Waals surface area contributed by atoms with E-state index in [1.807, 2.05) is 0 Å². The van der Waals surface area contributed by atoms with Gasteiger partial charge in [-0.3, -0.25) is 4.90 Å². The van der Waals surface area contributed by atoms with Crippen molar-refractivity contribution >= 4 is 5.69 Å². The van der Waals surface area contributed by atoms with Crippen molar-refractivity contribution < 1.29 is 0 Å². The number of anilines is 1. The zero-order chi connectivity index (χ0) is 14.2. The molecule has 3 aliphatic rings. The fourth-order valence-corrected chi connectivity index (χ4v) is 5.01. The van der Waals surface area contributed by atoms with Crippen molar-refractivity contribution in [1.82, 2.24) is 4.90 Å². The Morgan fingerprint density at radius 2 is 1.90 bits per heavy atom. The molecule has 0 spiro atoms. The van der Waals surface area contributed by atoms with Crippen LogP contribution >= 0.6 is 0 Å². The number of rotatable bonds is 3. The molecular weight excluding hydrogens is 256 g/mol. The number of nitrogens with zero attached hydrogens (tertiary/aromatic N) is 2. The molecule has 1 aliphatic carbocycles. The molecule has 0 radical (unpaired) electrons. The second-order valence-electron chi connectivity index (χ2n) is 7.15. The Bertz CT molecular complexity index is 492. The van der Waals surface area contributed by atoms with Crippen LogP contribution in [0, 0.1) is 0 Å². The van der Waals surface area contributed by atoms with Crippen LogP contribution in [0.2, 0.25) is 0 Å². The van der Waals surface area contributed by atoms with E-state index in [-0.39, 0.29) is 0 Å². The molecule has 2 heterocycles. The minimum absolute atomic E-state index is 0.752. The van der Waals surface area contributed by atoms with Gasteiger partial charge in [0.05, 0.1) is 0 Å². The molecule has 0 aromatic heterocycles. The molecule has 0 bridgehead atoms. The van der Waals surface area contributed by atoms with Crippen LogP contribution in [0.25, 0.3) is 0 Å². The highest BCUT2D eigenvalue weighted by atomic mass is 15.2. The van der Waals surface area contributed by atoms with E-state index in [0.29, 0.717) is 0 Å². The number of hydrogen-bond acceptors (Lipinski definition) is 2. The third-order valence-corrected chi connectivity index (χ3v) is 5.96. The van der Waals surface area contributed by atoms with Gasteiger partial charge in [0.15, 0.2) is 0 Å². The number of para-hydroxylation sites is 1. The highest BCUT2D eigenvalue weighted by molar-refractivity contribution is 5.62. The van der Waals surface area contributed by atoms with Gasteiger partial charge in [-0.15, -0.1) is 0 Å². The second kappa shape index (κ2) is 5.64. The average molecular weight is 284 g/mol. The quantitative estimate of drug-likeness (QED) is 0.827. The molecule has 2 nitrogen and oxygen atoms in total. The van der Waals surface area contributed by atoms with Crippen molar-refractivity contribution in [2.75, 3.05) is 24.5 Å². The molecule has 114 valence electrons. The molecular formula is C19H28N2. The summed E-state index contributed by atoms with van der Waals surface area (Å²) in [5.41, 5.74) is 3.15. The first-order chi connectivity index (χ1) is 10.4. The Kier molecular flexibility index (Phi) is 3.66. The van der Waals surface area contributed by atoms with Gasteiger partial charge in [-0.2, -0.15) is 0 Å². The Balaban J connectivity index is 1.59. The predicted octanol–water partition coefficient (Wildman–Crippen LogP) is 4.02. The summed E-state index contributed by atoms with van der Waals surface area (Å²) in [6.45, 7) is 6.15. The van der Waals surface area contributed by atoms with E-state index in [1.165, 1.54) is 63.8 Å². The lowest BCUT2D eigenvalue weighted by atomic mass is 9.88. The van der Waals surface area contributed by atoms with Crippen LogP contribution in [-0.4, -0.2) is 36.6 Å². The molecule has 1 aromatic rings. The molecule has 21 heavy (non-hydrogen) atoms. The van der Waals surface area contributed by atoms with Crippen LogP contribution < -0.4 is 4.90 Å². The molecule has 1 saturated carbocycles. The molecule has 1 saturated heterocycles. The average Bonchev–Trinajstić information content (AvgIpc) is 3.15. The van der Waals surface area contributed by atoms with E-state index >= 15 is 0 Å². The summed E-state index contributed by atoms with van der Waals surface area (Å²) in [4.78, 5) is 5.53. The van der Waals surface area contributed by atoms with Crippen molar-refractivity contribution in [3.63, 3.8) is 0 Å². The molecule has 2 fully saturated rings. The van der Waals surface area contributed by atoms with Crippen molar-refractivity contribution in [3.8, 4) is 0 Å². The van der Waals surface area contributed by atoms with Gasteiger partial charge >= 0.3 is 0 Å². The van der Waals surface area contributed by atoms with Gasteiger partial charge in [0.25, 0.3) is 0 Å². The monoisotopic (exact) mass is 284 g/mol.